The molecule has 1 atom stereocenters. The fraction of sp³-hybridized carbons (Fsp3) is 0.533. The Labute approximate surface area is 119 Å². The van der Waals surface area contributed by atoms with Crippen LogP contribution in [0.2, 0.25) is 0 Å². The van der Waals surface area contributed by atoms with E-state index in [0.717, 1.165) is 31.4 Å². The maximum absolute atomic E-state index is 12.1. The summed E-state index contributed by atoms with van der Waals surface area (Å²) in [6, 6.07) is 3.89. The molecule has 20 heavy (non-hydrogen) atoms. The number of nitrogens with one attached hydrogen (secondary N) is 1. The molecule has 0 saturated carbocycles. The van der Waals surface area contributed by atoms with Crippen LogP contribution in [0.4, 0.5) is 0 Å². The third-order valence-electron chi connectivity index (χ3n) is 3.67. The molecule has 2 heterocycles. The van der Waals surface area contributed by atoms with Crippen LogP contribution in [0.1, 0.15) is 25.3 Å². The monoisotopic (exact) mass is 275 g/mol. The van der Waals surface area contributed by atoms with Crippen LogP contribution in [0, 0.1) is 5.92 Å². The lowest BCUT2D eigenvalue weighted by molar-refractivity contribution is -0.133. The molecule has 1 aliphatic rings. The van der Waals surface area contributed by atoms with Crippen molar-refractivity contribution < 1.29 is 9.59 Å². The molecule has 0 spiro atoms. The van der Waals surface area contributed by atoms with Crippen LogP contribution in [-0.2, 0) is 16.0 Å². The number of aromatic nitrogens is 1. The third kappa shape index (κ3) is 4.05. The van der Waals surface area contributed by atoms with Gasteiger partial charge >= 0.3 is 0 Å². The van der Waals surface area contributed by atoms with Gasteiger partial charge in [-0.15, -0.1) is 0 Å². The summed E-state index contributed by atoms with van der Waals surface area (Å²) in [5, 5.41) is 2.96. The minimum atomic E-state index is -0.0680. The second kappa shape index (κ2) is 7.03. The molecule has 2 amide bonds. The molecule has 1 fully saturated rings. The van der Waals surface area contributed by atoms with E-state index in [0.29, 0.717) is 13.1 Å². The van der Waals surface area contributed by atoms with Crippen molar-refractivity contribution in [2.75, 3.05) is 19.6 Å². The van der Waals surface area contributed by atoms with E-state index in [4.69, 9.17) is 0 Å². The predicted octanol–water partition coefficient (Wildman–Crippen LogP) is 0.999. The normalized spacial score (nSPS) is 18.6. The quantitative estimate of drug-likeness (QED) is 0.891. The average Bonchev–Trinajstić information content (AvgIpc) is 2.48. The van der Waals surface area contributed by atoms with Crippen LogP contribution in [0.15, 0.2) is 24.5 Å². The zero-order valence-corrected chi connectivity index (χ0v) is 11.8. The van der Waals surface area contributed by atoms with Crippen molar-refractivity contribution in [3.8, 4) is 0 Å². The van der Waals surface area contributed by atoms with Gasteiger partial charge in [-0.1, -0.05) is 6.07 Å². The number of likely N-dealkylation sites (tertiary alicyclic amines) is 1. The summed E-state index contributed by atoms with van der Waals surface area (Å²) in [7, 11) is 0. The number of amides is 2. The van der Waals surface area contributed by atoms with Gasteiger partial charge in [0.15, 0.2) is 0 Å². The molecule has 1 aromatic rings. The van der Waals surface area contributed by atoms with E-state index in [1.54, 1.807) is 18.0 Å². The Morgan fingerprint density at radius 2 is 2.35 bits per heavy atom. The summed E-state index contributed by atoms with van der Waals surface area (Å²) in [4.78, 5) is 29.2. The fourth-order valence-electron chi connectivity index (χ4n) is 2.50. The summed E-state index contributed by atoms with van der Waals surface area (Å²) in [5.41, 5.74) is 1.11. The number of hydrogen-bond donors (Lipinski definition) is 1. The first kappa shape index (κ1) is 14.5. The van der Waals surface area contributed by atoms with Gasteiger partial charge in [0.25, 0.3) is 0 Å². The Morgan fingerprint density at radius 3 is 3.05 bits per heavy atom. The largest absolute Gasteiger partial charge is 0.355 e. The van der Waals surface area contributed by atoms with E-state index in [2.05, 4.69) is 10.3 Å². The first-order valence-electron chi connectivity index (χ1n) is 7.09. The highest BCUT2D eigenvalue weighted by molar-refractivity contribution is 5.80. The SMILES string of the molecule is CC(=O)N1CCC[C@@H](C(=O)NCCc2cccnc2)C1. The standard InChI is InChI=1S/C15H21N3O2/c1-12(19)18-9-3-5-14(11-18)15(20)17-8-6-13-4-2-7-16-10-13/h2,4,7,10,14H,3,5-6,8-9,11H2,1H3,(H,17,20)/t14-/m1/s1. The predicted molar refractivity (Wildman–Crippen MR) is 75.9 cm³/mol. The molecule has 5 nitrogen and oxygen atoms in total. The van der Waals surface area contributed by atoms with E-state index in [1.165, 1.54) is 0 Å². The van der Waals surface area contributed by atoms with E-state index in [-0.39, 0.29) is 17.7 Å². The molecule has 108 valence electrons. The zero-order valence-electron chi connectivity index (χ0n) is 11.8. The number of nitrogens with zero attached hydrogens (tertiary/aromatic N) is 2. The topological polar surface area (TPSA) is 62.3 Å². The van der Waals surface area contributed by atoms with Gasteiger partial charge in [0.2, 0.25) is 11.8 Å². The molecule has 1 aliphatic heterocycles. The summed E-state index contributed by atoms with van der Waals surface area (Å²) in [6.07, 6.45) is 6.09. The second-order valence-electron chi connectivity index (χ2n) is 5.21. The van der Waals surface area contributed by atoms with Crippen LogP contribution >= 0.6 is 0 Å². The summed E-state index contributed by atoms with van der Waals surface area (Å²) in [6.45, 7) is 3.49. The van der Waals surface area contributed by atoms with Crippen molar-refractivity contribution >= 4 is 11.8 Å². The highest BCUT2D eigenvalue weighted by atomic mass is 16.2. The minimum absolute atomic E-state index is 0.0536. The van der Waals surface area contributed by atoms with Crippen LogP contribution in [0.5, 0.6) is 0 Å². The lowest BCUT2D eigenvalue weighted by Crippen LogP contribution is -2.45. The molecular formula is C15H21N3O2. The molecule has 1 saturated heterocycles. The van der Waals surface area contributed by atoms with Gasteiger partial charge in [-0.3, -0.25) is 14.6 Å². The Bertz CT molecular complexity index is 461. The first-order valence-corrected chi connectivity index (χ1v) is 7.09. The summed E-state index contributed by atoms with van der Waals surface area (Å²) < 4.78 is 0. The van der Waals surface area contributed by atoms with Crippen molar-refractivity contribution in [1.82, 2.24) is 15.2 Å². The van der Waals surface area contributed by atoms with E-state index in [1.807, 2.05) is 18.3 Å². The van der Waals surface area contributed by atoms with Crippen molar-refractivity contribution in [2.24, 2.45) is 5.92 Å². The first-order chi connectivity index (χ1) is 9.66. The molecule has 0 aromatic carbocycles. The van der Waals surface area contributed by atoms with Crippen LogP contribution in [0.3, 0.4) is 0 Å². The second-order valence-corrected chi connectivity index (χ2v) is 5.21. The van der Waals surface area contributed by atoms with Crippen LogP contribution < -0.4 is 5.32 Å². The maximum Gasteiger partial charge on any atom is 0.224 e. The Kier molecular flexibility index (Phi) is 5.09. The lowest BCUT2D eigenvalue weighted by atomic mass is 9.97. The molecule has 0 unspecified atom stereocenters. The van der Waals surface area contributed by atoms with Crippen LogP contribution in [0.25, 0.3) is 0 Å². The number of hydrogen-bond acceptors (Lipinski definition) is 3. The van der Waals surface area contributed by atoms with Crippen molar-refractivity contribution in [3.05, 3.63) is 30.1 Å². The number of rotatable bonds is 4. The molecule has 0 aliphatic carbocycles. The van der Waals surface area contributed by atoms with E-state index in [9.17, 15) is 9.59 Å². The van der Waals surface area contributed by atoms with Gasteiger partial charge < -0.3 is 10.2 Å². The van der Waals surface area contributed by atoms with Gasteiger partial charge in [0, 0.05) is 39.0 Å². The minimum Gasteiger partial charge on any atom is -0.355 e. The Balaban J connectivity index is 1.75. The van der Waals surface area contributed by atoms with Crippen molar-refractivity contribution in [2.45, 2.75) is 26.2 Å². The number of carbonyl (C=O) groups excluding carboxylic acids is 2. The van der Waals surface area contributed by atoms with E-state index >= 15 is 0 Å². The Hall–Kier alpha value is -1.91. The lowest BCUT2D eigenvalue weighted by Gasteiger charge is -2.31. The molecular weight excluding hydrogens is 254 g/mol. The highest BCUT2D eigenvalue weighted by Crippen LogP contribution is 2.16. The van der Waals surface area contributed by atoms with Gasteiger partial charge in [-0.25, -0.2) is 0 Å². The van der Waals surface area contributed by atoms with Crippen molar-refractivity contribution in [3.63, 3.8) is 0 Å². The summed E-state index contributed by atoms with van der Waals surface area (Å²) in [5.74, 6) is 0.0410. The van der Waals surface area contributed by atoms with Crippen LogP contribution in [-0.4, -0.2) is 41.3 Å². The Morgan fingerprint density at radius 1 is 1.50 bits per heavy atom. The third-order valence-corrected chi connectivity index (χ3v) is 3.67. The van der Waals surface area contributed by atoms with Gasteiger partial charge in [-0.2, -0.15) is 0 Å². The molecule has 1 aromatic heterocycles. The van der Waals surface area contributed by atoms with Gasteiger partial charge in [0.05, 0.1) is 5.92 Å². The van der Waals surface area contributed by atoms with E-state index < -0.39 is 0 Å². The molecule has 0 bridgehead atoms. The van der Waals surface area contributed by atoms with Gasteiger partial charge in [-0.05, 0) is 30.9 Å². The molecule has 1 N–H and O–H groups in total. The molecule has 5 heteroatoms. The zero-order chi connectivity index (χ0) is 14.4. The van der Waals surface area contributed by atoms with Gasteiger partial charge in [0.1, 0.15) is 0 Å². The molecule has 0 radical (unpaired) electrons. The average molecular weight is 275 g/mol. The fourth-order valence-corrected chi connectivity index (χ4v) is 2.50. The number of piperidine rings is 1. The summed E-state index contributed by atoms with van der Waals surface area (Å²) >= 11 is 0. The number of pyridine rings is 1. The highest BCUT2D eigenvalue weighted by Gasteiger charge is 2.26. The number of carbonyl (C=O) groups is 2. The maximum atomic E-state index is 12.1. The molecule has 2 rings (SSSR count). The van der Waals surface area contributed by atoms with Crippen molar-refractivity contribution in [1.29, 1.82) is 0 Å². The smallest absolute Gasteiger partial charge is 0.224 e.